The summed E-state index contributed by atoms with van der Waals surface area (Å²) in [6.07, 6.45) is 3.18. The van der Waals surface area contributed by atoms with E-state index >= 15 is 0 Å². The van der Waals surface area contributed by atoms with Crippen molar-refractivity contribution in [2.75, 3.05) is 0 Å². The van der Waals surface area contributed by atoms with Gasteiger partial charge in [-0.25, -0.2) is 4.68 Å². The van der Waals surface area contributed by atoms with E-state index in [0.717, 1.165) is 36.2 Å². The summed E-state index contributed by atoms with van der Waals surface area (Å²) in [6, 6.07) is 9.58. The van der Waals surface area contributed by atoms with Gasteiger partial charge in [0, 0.05) is 11.8 Å². The molecule has 1 aromatic heterocycles. The van der Waals surface area contributed by atoms with E-state index in [2.05, 4.69) is 12.0 Å². The van der Waals surface area contributed by atoms with Crippen molar-refractivity contribution in [2.24, 2.45) is 0 Å². The summed E-state index contributed by atoms with van der Waals surface area (Å²) in [5, 5.41) is 3.18. The largest absolute Gasteiger partial charge is 0.295 e. The quantitative estimate of drug-likeness (QED) is 0.861. The number of hydrogen-bond acceptors (Lipinski definition) is 1. The smallest absolute Gasteiger partial charge is 0.271 e. The Kier molecular flexibility index (Phi) is 3.47. The highest BCUT2D eigenvalue weighted by molar-refractivity contribution is 5.39. The molecule has 0 aliphatic heterocycles. The average Bonchev–Trinajstić information content (AvgIpc) is 2.68. The maximum atomic E-state index is 11.9. The van der Waals surface area contributed by atoms with Gasteiger partial charge in [0.1, 0.15) is 0 Å². The molecule has 0 spiro atoms. The standard InChI is InChI=1S/C14H18N2O/c1-3-4-8-12-10-14(17)16(15-12)13-9-6-5-7-11(13)2/h5-7,9-10,15H,3-4,8H2,1-2H3. The van der Waals surface area contributed by atoms with Crippen LogP contribution >= 0.6 is 0 Å². The van der Waals surface area contributed by atoms with Crippen molar-refractivity contribution in [1.29, 1.82) is 0 Å². The molecule has 0 radical (unpaired) electrons. The zero-order valence-electron chi connectivity index (χ0n) is 10.4. The van der Waals surface area contributed by atoms with Crippen molar-refractivity contribution in [3.8, 4) is 5.69 Å². The first kappa shape index (κ1) is 11.7. The highest BCUT2D eigenvalue weighted by atomic mass is 16.1. The summed E-state index contributed by atoms with van der Waals surface area (Å²) in [4.78, 5) is 11.9. The number of H-pyrrole nitrogens is 1. The minimum absolute atomic E-state index is 0.0189. The Morgan fingerprint density at radius 1 is 1.29 bits per heavy atom. The monoisotopic (exact) mass is 230 g/mol. The summed E-state index contributed by atoms with van der Waals surface area (Å²) in [5.74, 6) is 0. The Morgan fingerprint density at radius 3 is 2.76 bits per heavy atom. The van der Waals surface area contributed by atoms with Crippen LogP contribution in [0.1, 0.15) is 31.0 Å². The molecule has 1 aromatic carbocycles. The second kappa shape index (κ2) is 5.04. The third-order valence-corrected chi connectivity index (χ3v) is 2.93. The van der Waals surface area contributed by atoms with Gasteiger partial charge in [0.25, 0.3) is 5.56 Å². The zero-order valence-corrected chi connectivity index (χ0v) is 10.4. The van der Waals surface area contributed by atoms with Gasteiger partial charge in [-0.2, -0.15) is 0 Å². The fourth-order valence-electron chi connectivity index (χ4n) is 1.93. The van der Waals surface area contributed by atoms with Crippen LogP contribution in [-0.4, -0.2) is 9.78 Å². The first-order chi connectivity index (χ1) is 8.22. The van der Waals surface area contributed by atoms with E-state index in [1.165, 1.54) is 0 Å². The summed E-state index contributed by atoms with van der Waals surface area (Å²) < 4.78 is 1.63. The number of hydrogen-bond donors (Lipinski definition) is 1. The van der Waals surface area contributed by atoms with Crippen LogP contribution in [0.3, 0.4) is 0 Å². The van der Waals surface area contributed by atoms with Gasteiger partial charge in [0.05, 0.1) is 5.69 Å². The van der Waals surface area contributed by atoms with Crippen molar-refractivity contribution < 1.29 is 0 Å². The molecule has 0 saturated heterocycles. The van der Waals surface area contributed by atoms with Gasteiger partial charge < -0.3 is 0 Å². The molecule has 17 heavy (non-hydrogen) atoms. The summed E-state index contributed by atoms with van der Waals surface area (Å²) >= 11 is 0. The molecular weight excluding hydrogens is 212 g/mol. The molecule has 0 saturated carbocycles. The average molecular weight is 230 g/mol. The number of unbranched alkanes of at least 4 members (excludes halogenated alkanes) is 1. The van der Waals surface area contributed by atoms with E-state index in [-0.39, 0.29) is 5.56 Å². The lowest BCUT2D eigenvalue weighted by Gasteiger charge is -2.05. The molecule has 0 atom stereocenters. The summed E-state index contributed by atoms with van der Waals surface area (Å²) in [6.45, 7) is 4.16. The molecule has 1 N–H and O–H groups in total. The van der Waals surface area contributed by atoms with Crippen LogP contribution in [0.15, 0.2) is 35.1 Å². The topological polar surface area (TPSA) is 37.8 Å². The molecule has 3 heteroatoms. The maximum absolute atomic E-state index is 11.9. The van der Waals surface area contributed by atoms with E-state index < -0.39 is 0 Å². The Hall–Kier alpha value is -1.77. The molecule has 0 fully saturated rings. The van der Waals surface area contributed by atoms with Crippen molar-refractivity contribution >= 4 is 0 Å². The lowest BCUT2D eigenvalue weighted by Crippen LogP contribution is -2.14. The molecule has 2 rings (SSSR count). The zero-order chi connectivity index (χ0) is 12.3. The van der Waals surface area contributed by atoms with Crippen molar-refractivity contribution in [2.45, 2.75) is 33.1 Å². The fraction of sp³-hybridized carbons (Fsp3) is 0.357. The minimum Gasteiger partial charge on any atom is -0.295 e. The molecule has 0 aliphatic rings. The van der Waals surface area contributed by atoms with Crippen LogP contribution in [0.2, 0.25) is 0 Å². The van der Waals surface area contributed by atoms with Crippen LogP contribution in [0.4, 0.5) is 0 Å². The molecule has 0 unspecified atom stereocenters. The molecule has 2 aromatic rings. The van der Waals surface area contributed by atoms with Gasteiger partial charge in [0.15, 0.2) is 0 Å². The van der Waals surface area contributed by atoms with Crippen LogP contribution in [-0.2, 0) is 6.42 Å². The predicted molar refractivity (Wildman–Crippen MR) is 69.7 cm³/mol. The summed E-state index contributed by atoms with van der Waals surface area (Å²) in [7, 11) is 0. The SMILES string of the molecule is CCCCc1cc(=O)n(-c2ccccc2C)[nH]1. The van der Waals surface area contributed by atoms with Gasteiger partial charge in [-0.15, -0.1) is 0 Å². The number of aryl methyl sites for hydroxylation is 2. The van der Waals surface area contributed by atoms with E-state index in [1.54, 1.807) is 10.7 Å². The van der Waals surface area contributed by atoms with Crippen LogP contribution in [0, 0.1) is 6.92 Å². The van der Waals surface area contributed by atoms with E-state index in [1.807, 2.05) is 31.2 Å². The van der Waals surface area contributed by atoms with E-state index in [9.17, 15) is 4.79 Å². The number of rotatable bonds is 4. The molecular formula is C14H18N2O. The second-order valence-electron chi connectivity index (χ2n) is 4.35. The first-order valence-corrected chi connectivity index (χ1v) is 6.09. The fourth-order valence-corrected chi connectivity index (χ4v) is 1.93. The highest BCUT2D eigenvalue weighted by Crippen LogP contribution is 2.11. The first-order valence-electron chi connectivity index (χ1n) is 6.09. The highest BCUT2D eigenvalue weighted by Gasteiger charge is 2.06. The number of para-hydroxylation sites is 1. The molecule has 0 bridgehead atoms. The number of nitrogens with one attached hydrogen (secondary N) is 1. The third kappa shape index (κ3) is 2.49. The van der Waals surface area contributed by atoms with Crippen molar-refractivity contribution in [3.63, 3.8) is 0 Å². The molecule has 0 amide bonds. The number of nitrogens with zero attached hydrogens (tertiary/aromatic N) is 1. The summed E-state index contributed by atoms with van der Waals surface area (Å²) in [5.41, 5.74) is 3.06. The van der Waals surface area contributed by atoms with E-state index in [0.29, 0.717) is 0 Å². The Labute approximate surface area is 101 Å². The minimum atomic E-state index is 0.0189. The van der Waals surface area contributed by atoms with E-state index in [4.69, 9.17) is 0 Å². The number of benzene rings is 1. The third-order valence-electron chi connectivity index (χ3n) is 2.93. The Bertz CT molecular complexity index is 551. The maximum Gasteiger partial charge on any atom is 0.271 e. The second-order valence-corrected chi connectivity index (χ2v) is 4.35. The lowest BCUT2D eigenvalue weighted by molar-refractivity contribution is 0.746. The molecule has 1 heterocycles. The molecule has 3 nitrogen and oxygen atoms in total. The van der Waals surface area contributed by atoms with Gasteiger partial charge in [0.2, 0.25) is 0 Å². The van der Waals surface area contributed by atoms with Gasteiger partial charge in [-0.05, 0) is 31.4 Å². The molecule has 0 aliphatic carbocycles. The van der Waals surface area contributed by atoms with Gasteiger partial charge in [-0.3, -0.25) is 9.89 Å². The van der Waals surface area contributed by atoms with Crippen LogP contribution < -0.4 is 5.56 Å². The van der Waals surface area contributed by atoms with Gasteiger partial charge in [-0.1, -0.05) is 31.5 Å². The number of aromatic amines is 1. The van der Waals surface area contributed by atoms with Crippen LogP contribution in [0.25, 0.3) is 5.69 Å². The Balaban J connectivity index is 2.37. The normalized spacial score (nSPS) is 10.7. The van der Waals surface area contributed by atoms with Crippen molar-refractivity contribution in [3.05, 3.63) is 51.9 Å². The van der Waals surface area contributed by atoms with Gasteiger partial charge >= 0.3 is 0 Å². The number of aromatic nitrogens is 2. The van der Waals surface area contributed by atoms with Crippen LogP contribution in [0.5, 0.6) is 0 Å². The predicted octanol–water partition coefficient (Wildman–Crippen LogP) is 2.82. The Morgan fingerprint density at radius 2 is 2.06 bits per heavy atom. The van der Waals surface area contributed by atoms with Crippen molar-refractivity contribution in [1.82, 2.24) is 9.78 Å². The molecule has 90 valence electrons. The lowest BCUT2D eigenvalue weighted by atomic mass is 10.2.